The molecule has 0 radical (unpaired) electrons. The van der Waals surface area contributed by atoms with Gasteiger partial charge in [-0.25, -0.2) is 0 Å². The Morgan fingerprint density at radius 1 is 0.868 bits per heavy atom. The Labute approximate surface area is 222 Å². The molecule has 0 spiro atoms. The molecule has 4 aromatic carbocycles. The van der Waals surface area contributed by atoms with Crippen LogP contribution < -0.4 is 16.1 Å². The maximum absolute atomic E-state index is 13.4. The predicted octanol–water partition coefficient (Wildman–Crippen LogP) is 7.18. The van der Waals surface area contributed by atoms with Gasteiger partial charge in [0.25, 0.3) is 5.91 Å². The van der Waals surface area contributed by atoms with Crippen LogP contribution in [-0.4, -0.2) is 5.91 Å². The van der Waals surface area contributed by atoms with E-state index in [1.165, 1.54) is 0 Å². The number of aryl methyl sites for hydroxylation is 1. The van der Waals surface area contributed by atoms with Crippen LogP contribution in [0, 0.1) is 13.8 Å². The third kappa shape index (κ3) is 5.09. The normalized spacial score (nSPS) is 11.8. The van der Waals surface area contributed by atoms with Gasteiger partial charge in [-0.2, -0.15) is 0 Å². The summed E-state index contributed by atoms with van der Waals surface area (Å²) >= 11 is 0. The molecule has 5 heteroatoms. The summed E-state index contributed by atoms with van der Waals surface area (Å²) in [5.41, 5.74) is 6.07. The summed E-state index contributed by atoms with van der Waals surface area (Å²) in [7, 11) is 0. The van der Waals surface area contributed by atoms with Crippen LogP contribution in [0.5, 0.6) is 0 Å². The fourth-order valence-electron chi connectivity index (χ4n) is 4.75. The first-order valence-corrected chi connectivity index (χ1v) is 12.7. The van der Waals surface area contributed by atoms with Gasteiger partial charge in [0.05, 0.1) is 17.0 Å². The third-order valence-electron chi connectivity index (χ3n) is 6.73. The number of benzene rings is 4. The van der Waals surface area contributed by atoms with Crippen molar-refractivity contribution in [1.82, 2.24) is 5.32 Å². The van der Waals surface area contributed by atoms with Crippen molar-refractivity contribution in [3.05, 3.63) is 135 Å². The summed E-state index contributed by atoms with van der Waals surface area (Å²) in [6.07, 6.45) is 0. The Morgan fingerprint density at radius 2 is 1.53 bits per heavy atom. The number of hydrogen-bond donors (Lipinski definition) is 2. The highest BCUT2D eigenvalue weighted by Crippen LogP contribution is 2.32. The summed E-state index contributed by atoms with van der Waals surface area (Å²) in [4.78, 5) is 26.5. The highest BCUT2D eigenvalue weighted by atomic mass is 16.3. The molecule has 5 nitrogen and oxygen atoms in total. The Hall–Kier alpha value is -4.64. The Bertz CT molecular complexity index is 1660. The molecule has 0 unspecified atom stereocenters. The van der Waals surface area contributed by atoms with Crippen LogP contribution in [0.25, 0.3) is 22.3 Å². The van der Waals surface area contributed by atoms with E-state index in [0.717, 1.165) is 22.3 Å². The lowest BCUT2D eigenvalue weighted by molar-refractivity contribution is 0.0951. The fourth-order valence-corrected chi connectivity index (χ4v) is 4.75. The molecule has 0 saturated carbocycles. The number of fused-ring (bicyclic) bond motifs is 1. The van der Waals surface area contributed by atoms with E-state index in [9.17, 15) is 9.59 Å². The zero-order valence-electron chi connectivity index (χ0n) is 21.7. The fraction of sp³-hybridized carbons (Fsp3) is 0.152. The van der Waals surface area contributed by atoms with E-state index in [0.29, 0.717) is 40.1 Å². The van der Waals surface area contributed by atoms with Gasteiger partial charge < -0.3 is 15.1 Å². The van der Waals surface area contributed by atoms with Gasteiger partial charge in [0.2, 0.25) is 0 Å². The number of nitrogens with one attached hydrogen (secondary N) is 2. The van der Waals surface area contributed by atoms with E-state index in [4.69, 9.17) is 4.42 Å². The number of anilines is 1. The lowest BCUT2D eigenvalue weighted by atomic mass is 9.98. The van der Waals surface area contributed by atoms with Gasteiger partial charge in [0.15, 0.2) is 5.43 Å². The van der Waals surface area contributed by atoms with E-state index in [1.54, 1.807) is 6.07 Å². The summed E-state index contributed by atoms with van der Waals surface area (Å²) in [6, 6.07) is 30.6. The summed E-state index contributed by atoms with van der Waals surface area (Å²) in [5, 5.41) is 7.06. The van der Waals surface area contributed by atoms with Crippen molar-refractivity contribution in [2.24, 2.45) is 0 Å². The van der Waals surface area contributed by atoms with Crippen LogP contribution in [-0.2, 0) is 6.54 Å². The molecule has 1 heterocycles. The van der Waals surface area contributed by atoms with Crippen LogP contribution in [0.4, 0.5) is 5.69 Å². The van der Waals surface area contributed by atoms with E-state index >= 15 is 0 Å². The Morgan fingerprint density at radius 3 is 2.26 bits per heavy atom. The van der Waals surface area contributed by atoms with Crippen molar-refractivity contribution < 1.29 is 9.21 Å². The molecule has 1 amide bonds. The average molecular weight is 503 g/mol. The zero-order chi connectivity index (χ0) is 26.6. The average Bonchev–Trinajstić information content (AvgIpc) is 2.95. The molecular weight excluding hydrogens is 472 g/mol. The van der Waals surface area contributed by atoms with Gasteiger partial charge in [0, 0.05) is 28.9 Å². The number of hydrogen-bond acceptors (Lipinski definition) is 4. The van der Waals surface area contributed by atoms with Gasteiger partial charge in [0.1, 0.15) is 11.3 Å². The molecule has 0 fully saturated rings. The molecule has 5 aromatic rings. The molecule has 2 N–H and O–H groups in total. The minimum atomic E-state index is -0.241. The number of para-hydroxylation sites is 1. The van der Waals surface area contributed by atoms with Gasteiger partial charge in [-0.3, -0.25) is 9.59 Å². The van der Waals surface area contributed by atoms with Gasteiger partial charge in [-0.05, 0) is 50.1 Å². The number of amides is 1. The molecule has 0 saturated heterocycles. The summed E-state index contributed by atoms with van der Waals surface area (Å²) in [5.74, 6) is 0.410. The Kier molecular flexibility index (Phi) is 7.09. The second-order valence-electron chi connectivity index (χ2n) is 9.56. The molecule has 0 bridgehead atoms. The number of rotatable bonds is 7. The Balaban J connectivity index is 1.50. The van der Waals surface area contributed by atoms with E-state index in [-0.39, 0.29) is 17.4 Å². The quantitative estimate of drug-likeness (QED) is 0.247. The van der Waals surface area contributed by atoms with Crippen LogP contribution in [0.2, 0.25) is 0 Å². The molecule has 5 rings (SSSR count). The van der Waals surface area contributed by atoms with Crippen molar-refractivity contribution in [1.29, 1.82) is 0 Å². The lowest BCUT2D eigenvalue weighted by Gasteiger charge is -2.20. The number of carbonyl (C=O) groups is 1. The summed E-state index contributed by atoms with van der Waals surface area (Å²) in [6.45, 7) is 6.23. The van der Waals surface area contributed by atoms with Crippen LogP contribution >= 0.6 is 0 Å². The third-order valence-corrected chi connectivity index (χ3v) is 6.73. The van der Waals surface area contributed by atoms with Crippen molar-refractivity contribution in [2.75, 3.05) is 5.32 Å². The second kappa shape index (κ2) is 10.8. The van der Waals surface area contributed by atoms with Crippen molar-refractivity contribution in [3.63, 3.8) is 0 Å². The minimum absolute atomic E-state index is 0.0389. The standard InChI is InChI=1S/C33H30N2O3/c1-21-18-27(32-28(19-21)30(36)22(2)31(38-32)25-14-8-5-9-15-25)23(3)35-29-17-11-10-16-26(29)33(37)34-20-24-12-6-4-7-13-24/h4-19,23,35H,20H2,1-3H3,(H,34,37)/t23-/m1/s1. The van der Waals surface area contributed by atoms with Gasteiger partial charge in [-0.15, -0.1) is 0 Å². The molecule has 0 aliphatic carbocycles. The number of carbonyl (C=O) groups excluding carboxylic acids is 1. The smallest absolute Gasteiger partial charge is 0.253 e. The highest BCUT2D eigenvalue weighted by Gasteiger charge is 2.20. The maximum atomic E-state index is 13.4. The monoisotopic (exact) mass is 502 g/mol. The van der Waals surface area contributed by atoms with Gasteiger partial charge >= 0.3 is 0 Å². The topological polar surface area (TPSA) is 71.3 Å². The predicted molar refractivity (Wildman–Crippen MR) is 153 cm³/mol. The largest absolute Gasteiger partial charge is 0.455 e. The van der Waals surface area contributed by atoms with E-state index in [2.05, 4.69) is 10.6 Å². The first kappa shape index (κ1) is 25.0. The van der Waals surface area contributed by atoms with Crippen LogP contribution in [0.3, 0.4) is 0 Å². The molecule has 1 atom stereocenters. The lowest BCUT2D eigenvalue weighted by Crippen LogP contribution is -2.24. The molecule has 1 aromatic heterocycles. The van der Waals surface area contributed by atoms with E-state index in [1.807, 2.05) is 112 Å². The highest BCUT2D eigenvalue weighted by molar-refractivity contribution is 5.99. The first-order valence-electron chi connectivity index (χ1n) is 12.7. The maximum Gasteiger partial charge on any atom is 0.253 e. The van der Waals surface area contributed by atoms with Crippen LogP contribution in [0.15, 0.2) is 106 Å². The minimum Gasteiger partial charge on any atom is -0.455 e. The molecular formula is C33H30N2O3. The van der Waals surface area contributed by atoms with Crippen molar-refractivity contribution >= 4 is 22.6 Å². The van der Waals surface area contributed by atoms with Gasteiger partial charge in [-0.1, -0.05) is 78.9 Å². The summed E-state index contributed by atoms with van der Waals surface area (Å²) < 4.78 is 6.45. The zero-order valence-corrected chi connectivity index (χ0v) is 21.7. The van der Waals surface area contributed by atoms with Crippen molar-refractivity contribution in [3.8, 4) is 11.3 Å². The SMILES string of the molecule is Cc1cc([C@@H](C)Nc2ccccc2C(=O)NCc2ccccc2)c2oc(-c3ccccc3)c(C)c(=O)c2c1. The molecule has 0 aliphatic rings. The van der Waals surface area contributed by atoms with Crippen molar-refractivity contribution in [2.45, 2.75) is 33.4 Å². The second-order valence-corrected chi connectivity index (χ2v) is 9.56. The molecule has 38 heavy (non-hydrogen) atoms. The molecule has 0 aliphatic heterocycles. The molecule has 190 valence electrons. The van der Waals surface area contributed by atoms with Crippen LogP contribution in [0.1, 0.15) is 45.6 Å². The van der Waals surface area contributed by atoms with E-state index < -0.39 is 0 Å². The first-order chi connectivity index (χ1) is 18.4.